The van der Waals surface area contributed by atoms with Gasteiger partial charge in [-0.25, -0.2) is 18.0 Å². The average molecular weight is 511 g/mol. The molecule has 0 saturated heterocycles. The third-order valence-electron chi connectivity index (χ3n) is 5.58. The lowest BCUT2D eigenvalue weighted by atomic mass is 9.97. The average Bonchev–Trinajstić information content (AvgIpc) is 2.85. The highest BCUT2D eigenvalue weighted by Crippen LogP contribution is 2.29. The van der Waals surface area contributed by atoms with E-state index in [0.29, 0.717) is 5.56 Å². The SMILES string of the molecule is C=C(C)C(=O)Cc1cc2ccc(CCC(=O)Oc3ccc(COC(=O)C(=C)C)cc3)c(F)c2c(F)c1F. The smallest absolute Gasteiger partial charge is 0.333 e. The van der Waals surface area contributed by atoms with Crippen LogP contribution in [0.5, 0.6) is 5.75 Å². The molecule has 3 rings (SSSR count). The number of Topliss-reactive ketones (excluding diaryl/α,β-unsaturated/α-hetero) is 1. The van der Waals surface area contributed by atoms with Gasteiger partial charge in [0.15, 0.2) is 17.4 Å². The van der Waals surface area contributed by atoms with Crippen LogP contribution in [0, 0.1) is 17.5 Å². The fourth-order valence-electron chi connectivity index (χ4n) is 3.47. The largest absolute Gasteiger partial charge is 0.457 e. The van der Waals surface area contributed by atoms with Crippen molar-refractivity contribution in [1.82, 2.24) is 0 Å². The Morgan fingerprint density at radius 3 is 2.14 bits per heavy atom. The second-order valence-electron chi connectivity index (χ2n) is 8.66. The number of aryl methyl sites for hydroxylation is 1. The summed E-state index contributed by atoms with van der Waals surface area (Å²) in [5.41, 5.74) is 0.987. The Kier molecular flexibility index (Phi) is 8.65. The zero-order valence-electron chi connectivity index (χ0n) is 20.5. The van der Waals surface area contributed by atoms with E-state index in [4.69, 9.17) is 9.47 Å². The summed E-state index contributed by atoms with van der Waals surface area (Å²) in [6, 6.07) is 10.3. The minimum absolute atomic E-state index is 0.0168. The van der Waals surface area contributed by atoms with Gasteiger partial charge in [0.25, 0.3) is 0 Å². The van der Waals surface area contributed by atoms with E-state index in [-0.39, 0.29) is 59.3 Å². The summed E-state index contributed by atoms with van der Waals surface area (Å²) in [6.07, 6.45) is -0.702. The zero-order chi connectivity index (χ0) is 27.3. The first kappa shape index (κ1) is 27.4. The van der Waals surface area contributed by atoms with Crippen molar-refractivity contribution < 1.29 is 37.0 Å². The molecule has 0 saturated carbocycles. The molecule has 0 bridgehead atoms. The monoisotopic (exact) mass is 510 g/mol. The molecule has 0 aromatic heterocycles. The van der Waals surface area contributed by atoms with Crippen molar-refractivity contribution >= 4 is 28.5 Å². The molecule has 0 unspecified atom stereocenters. The minimum atomic E-state index is -1.39. The molecule has 3 aromatic carbocycles. The first-order valence-corrected chi connectivity index (χ1v) is 11.4. The van der Waals surface area contributed by atoms with Crippen LogP contribution in [0.4, 0.5) is 13.2 Å². The predicted molar refractivity (Wildman–Crippen MR) is 132 cm³/mol. The summed E-state index contributed by atoms with van der Waals surface area (Å²) in [6.45, 7) is 10.0. The number of hydrogen-bond donors (Lipinski definition) is 0. The van der Waals surface area contributed by atoms with Crippen molar-refractivity contribution in [3.63, 3.8) is 0 Å². The van der Waals surface area contributed by atoms with Crippen LogP contribution in [0.25, 0.3) is 10.8 Å². The van der Waals surface area contributed by atoms with Crippen molar-refractivity contribution in [1.29, 1.82) is 0 Å². The van der Waals surface area contributed by atoms with Crippen LogP contribution in [-0.2, 0) is 38.6 Å². The summed E-state index contributed by atoms with van der Waals surface area (Å²) in [5, 5.41) is -0.445. The van der Waals surface area contributed by atoms with Crippen LogP contribution in [0.3, 0.4) is 0 Å². The maximum Gasteiger partial charge on any atom is 0.333 e. The van der Waals surface area contributed by atoms with Gasteiger partial charge in [0, 0.05) is 12.0 Å². The molecule has 0 aliphatic rings. The van der Waals surface area contributed by atoms with E-state index >= 15 is 4.39 Å². The lowest BCUT2D eigenvalue weighted by Crippen LogP contribution is -2.10. The van der Waals surface area contributed by atoms with E-state index < -0.39 is 40.6 Å². The number of carbonyl (C=O) groups is 3. The summed E-state index contributed by atoms with van der Waals surface area (Å²) in [7, 11) is 0. The first-order chi connectivity index (χ1) is 17.5. The molecule has 0 aliphatic carbocycles. The molecule has 0 aliphatic heterocycles. The van der Waals surface area contributed by atoms with Gasteiger partial charge in [-0.05, 0) is 66.1 Å². The van der Waals surface area contributed by atoms with Crippen molar-refractivity contribution in [2.45, 2.75) is 39.7 Å². The number of halogens is 3. The highest BCUT2D eigenvalue weighted by Gasteiger charge is 2.21. The standard InChI is InChI=1S/C29H25F3O5/c1-16(2)23(33)14-21-13-20-8-7-19(26(30)25(20)28(32)27(21)31)9-12-24(34)37-22-10-5-18(6-11-22)15-36-29(35)17(3)4/h5-8,10-11,13H,1,3,9,12,14-15H2,2,4H3. The van der Waals surface area contributed by atoms with E-state index in [2.05, 4.69) is 13.2 Å². The molecule has 0 fully saturated rings. The van der Waals surface area contributed by atoms with Gasteiger partial charge in [0.1, 0.15) is 18.2 Å². The summed E-state index contributed by atoms with van der Waals surface area (Å²) in [4.78, 5) is 35.6. The quantitative estimate of drug-likeness (QED) is 0.187. The van der Waals surface area contributed by atoms with Gasteiger partial charge in [-0.15, -0.1) is 0 Å². The molecular formula is C29H25F3O5. The van der Waals surface area contributed by atoms with E-state index in [9.17, 15) is 23.2 Å². The van der Waals surface area contributed by atoms with E-state index in [0.717, 1.165) is 0 Å². The Balaban J connectivity index is 1.66. The first-order valence-electron chi connectivity index (χ1n) is 11.4. The molecule has 192 valence electrons. The topological polar surface area (TPSA) is 69.7 Å². The number of hydrogen-bond acceptors (Lipinski definition) is 5. The number of ether oxygens (including phenoxy) is 2. The third kappa shape index (κ3) is 6.73. The van der Waals surface area contributed by atoms with E-state index in [1.165, 1.54) is 44.2 Å². The number of benzene rings is 3. The Hall–Kier alpha value is -4.20. The van der Waals surface area contributed by atoms with E-state index in [1.54, 1.807) is 12.1 Å². The molecule has 8 heteroatoms. The van der Waals surface area contributed by atoms with Gasteiger partial charge >= 0.3 is 11.9 Å². The summed E-state index contributed by atoms with van der Waals surface area (Å²) < 4.78 is 54.6. The number of carbonyl (C=O) groups excluding carboxylic acids is 3. The Morgan fingerprint density at radius 2 is 1.51 bits per heavy atom. The third-order valence-corrected chi connectivity index (χ3v) is 5.58. The minimum Gasteiger partial charge on any atom is -0.457 e. The molecule has 0 spiro atoms. The Labute approximate surface area is 212 Å². The molecule has 0 heterocycles. The maximum atomic E-state index is 15.1. The van der Waals surface area contributed by atoms with Gasteiger partial charge in [0.2, 0.25) is 0 Å². The van der Waals surface area contributed by atoms with Crippen LogP contribution < -0.4 is 4.74 Å². The number of ketones is 1. The number of rotatable bonds is 10. The zero-order valence-corrected chi connectivity index (χ0v) is 20.5. The lowest BCUT2D eigenvalue weighted by molar-refractivity contribution is -0.140. The van der Waals surface area contributed by atoms with Gasteiger partial charge in [0.05, 0.1) is 11.8 Å². The molecule has 5 nitrogen and oxygen atoms in total. The molecule has 0 radical (unpaired) electrons. The molecule has 3 aromatic rings. The summed E-state index contributed by atoms with van der Waals surface area (Å²) in [5.74, 6) is -5.04. The molecule has 0 atom stereocenters. The predicted octanol–water partition coefficient (Wildman–Crippen LogP) is 6.10. The second kappa shape index (κ2) is 11.7. The normalized spacial score (nSPS) is 10.7. The van der Waals surface area contributed by atoms with Crippen LogP contribution in [0.2, 0.25) is 0 Å². The van der Waals surface area contributed by atoms with E-state index in [1.807, 2.05) is 0 Å². The fraction of sp³-hybridized carbons (Fsp3) is 0.207. The van der Waals surface area contributed by atoms with Crippen molar-refractivity contribution in [2.24, 2.45) is 0 Å². The molecule has 37 heavy (non-hydrogen) atoms. The van der Waals surface area contributed by atoms with Crippen LogP contribution >= 0.6 is 0 Å². The van der Waals surface area contributed by atoms with Crippen molar-refractivity contribution in [2.75, 3.05) is 0 Å². The van der Waals surface area contributed by atoms with Crippen LogP contribution in [0.15, 0.2) is 66.8 Å². The summed E-state index contributed by atoms with van der Waals surface area (Å²) >= 11 is 0. The molecule has 0 amide bonds. The fourth-order valence-corrected chi connectivity index (χ4v) is 3.47. The Bertz CT molecular complexity index is 1410. The molecule has 0 N–H and O–H groups in total. The number of allylic oxidation sites excluding steroid dienone is 1. The molecular weight excluding hydrogens is 485 g/mol. The lowest BCUT2D eigenvalue weighted by Gasteiger charge is -2.11. The van der Waals surface area contributed by atoms with Crippen molar-refractivity contribution in [3.05, 3.63) is 101 Å². The highest BCUT2D eigenvalue weighted by atomic mass is 19.2. The van der Waals surface area contributed by atoms with Crippen LogP contribution in [0.1, 0.15) is 37.0 Å². The van der Waals surface area contributed by atoms with Crippen LogP contribution in [-0.4, -0.2) is 17.7 Å². The highest BCUT2D eigenvalue weighted by molar-refractivity contribution is 5.96. The maximum absolute atomic E-state index is 15.1. The van der Waals surface area contributed by atoms with Gasteiger partial charge in [-0.2, -0.15) is 0 Å². The van der Waals surface area contributed by atoms with Gasteiger partial charge in [-0.3, -0.25) is 9.59 Å². The van der Waals surface area contributed by atoms with Gasteiger partial charge in [-0.1, -0.05) is 37.4 Å². The Morgan fingerprint density at radius 1 is 0.838 bits per heavy atom. The second-order valence-corrected chi connectivity index (χ2v) is 8.66. The van der Waals surface area contributed by atoms with Crippen molar-refractivity contribution in [3.8, 4) is 5.75 Å². The number of fused-ring (bicyclic) bond motifs is 1. The number of esters is 2. The van der Waals surface area contributed by atoms with Gasteiger partial charge < -0.3 is 9.47 Å².